The Labute approximate surface area is 125 Å². The van der Waals surface area contributed by atoms with E-state index in [1.54, 1.807) is 20.4 Å². The normalized spacial score (nSPS) is 10.6. The largest absolute Gasteiger partial charge is 0.493 e. The van der Waals surface area contributed by atoms with Gasteiger partial charge in [-0.05, 0) is 36.6 Å². The number of methoxy groups -OCH3 is 2. The van der Waals surface area contributed by atoms with Gasteiger partial charge in [0.2, 0.25) is 5.88 Å². The van der Waals surface area contributed by atoms with E-state index in [2.05, 4.69) is 17.2 Å². The highest BCUT2D eigenvalue weighted by molar-refractivity contribution is 5.89. The standard InChI is InChI=1S/C16H22N2O3/c1-4-6-17-8-9-21-16-13-11-15(20-3)14(19-2)10-12(13)5-7-18-16/h5,7,10-11,17H,4,6,8-9H2,1-3H3. The predicted molar refractivity (Wildman–Crippen MR) is 83.5 cm³/mol. The summed E-state index contributed by atoms with van der Waals surface area (Å²) in [5, 5.41) is 5.23. The van der Waals surface area contributed by atoms with E-state index < -0.39 is 0 Å². The lowest BCUT2D eigenvalue weighted by atomic mass is 10.1. The summed E-state index contributed by atoms with van der Waals surface area (Å²) in [6.45, 7) is 4.52. The second-order valence-corrected chi connectivity index (χ2v) is 4.64. The zero-order valence-electron chi connectivity index (χ0n) is 12.8. The van der Waals surface area contributed by atoms with E-state index in [1.165, 1.54) is 0 Å². The van der Waals surface area contributed by atoms with Crippen molar-refractivity contribution in [1.29, 1.82) is 0 Å². The minimum absolute atomic E-state index is 0.584. The van der Waals surface area contributed by atoms with E-state index in [1.807, 2.05) is 18.2 Å². The quantitative estimate of drug-likeness (QED) is 0.757. The van der Waals surface area contributed by atoms with Crippen molar-refractivity contribution in [1.82, 2.24) is 10.3 Å². The maximum atomic E-state index is 5.77. The highest BCUT2D eigenvalue weighted by Gasteiger charge is 2.10. The lowest BCUT2D eigenvalue weighted by Gasteiger charge is -2.12. The number of aromatic nitrogens is 1. The average Bonchev–Trinajstić information content (AvgIpc) is 2.53. The summed E-state index contributed by atoms with van der Waals surface area (Å²) >= 11 is 0. The molecule has 21 heavy (non-hydrogen) atoms. The third-order valence-corrected chi connectivity index (χ3v) is 3.18. The summed E-state index contributed by atoms with van der Waals surface area (Å²) in [7, 11) is 3.25. The SMILES string of the molecule is CCCNCCOc1nccc2cc(OC)c(OC)cc12. The molecular formula is C16H22N2O3. The van der Waals surface area contributed by atoms with Crippen LogP contribution >= 0.6 is 0 Å². The van der Waals surface area contributed by atoms with Gasteiger partial charge in [-0.2, -0.15) is 0 Å². The Hall–Kier alpha value is -2.01. The molecule has 0 radical (unpaired) electrons. The van der Waals surface area contributed by atoms with Gasteiger partial charge in [0.1, 0.15) is 6.61 Å². The molecule has 0 amide bonds. The van der Waals surface area contributed by atoms with Crippen LogP contribution in [0.15, 0.2) is 24.4 Å². The van der Waals surface area contributed by atoms with Gasteiger partial charge in [0, 0.05) is 18.1 Å². The van der Waals surface area contributed by atoms with Crippen LogP contribution in [0.4, 0.5) is 0 Å². The maximum Gasteiger partial charge on any atom is 0.221 e. The first-order valence-electron chi connectivity index (χ1n) is 7.14. The second-order valence-electron chi connectivity index (χ2n) is 4.64. The summed E-state index contributed by atoms with van der Waals surface area (Å²) in [6, 6.07) is 5.76. The zero-order valence-corrected chi connectivity index (χ0v) is 12.8. The van der Waals surface area contributed by atoms with Gasteiger partial charge in [-0.1, -0.05) is 6.92 Å². The average molecular weight is 290 g/mol. The molecule has 0 saturated heterocycles. The van der Waals surface area contributed by atoms with Gasteiger partial charge < -0.3 is 19.5 Å². The molecule has 114 valence electrons. The Morgan fingerprint density at radius 2 is 1.86 bits per heavy atom. The van der Waals surface area contributed by atoms with Crippen LogP contribution in [-0.4, -0.2) is 38.9 Å². The number of benzene rings is 1. The Balaban J connectivity index is 2.19. The van der Waals surface area contributed by atoms with Gasteiger partial charge in [0.05, 0.1) is 14.2 Å². The lowest BCUT2D eigenvalue weighted by molar-refractivity contribution is 0.306. The molecule has 0 bridgehead atoms. The second kappa shape index (κ2) is 7.69. The van der Waals surface area contributed by atoms with E-state index in [9.17, 15) is 0 Å². The van der Waals surface area contributed by atoms with Crippen molar-refractivity contribution >= 4 is 10.8 Å². The van der Waals surface area contributed by atoms with E-state index in [4.69, 9.17) is 14.2 Å². The van der Waals surface area contributed by atoms with Crippen molar-refractivity contribution in [2.75, 3.05) is 33.9 Å². The van der Waals surface area contributed by atoms with Crippen molar-refractivity contribution in [3.8, 4) is 17.4 Å². The lowest BCUT2D eigenvalue weighted by Crippen LogP contribution is -2.21. The molecule has 0 aliphatic rings. The fourth-order valence-corrected chi connectivity index (χ4v) is 2.11. The molecule has 0 fully saturated rings. The molecule has 5 nitrogen and oxygen atoms in total. The number of hydrogen-bond acceptors (Lipinski definition) is 5. The van der Waals surface area contributed by atoms with Gasteiger partial charge in [-0.15, -0.1) is 0 Å². The Morgan fingerprint density at radius 1 is 1.10 bits per heavy atom. The monoisotopic (exact) mass is 290 g/mol. The highest BCUT2D eigenvalue weighted by Crippen LogP contribution is 2.35. The fraction of sp³-hybridized carbons (Fsp3) is 0.438. The third-order valence-electron chi connectivity index (χ3n) is 3.18. The molecule has 1 N–H and O–H groups in total. The fourth-order valence-electron chi connectivity index (χ4n) is 2.11. The van der Waals surface area contributed by atoms with Gasteiger partial charge in [-0.3, -0.25) is 0 Å². The molecule has 0 aliphatic carbocycles. The molecule has 5 heteroatoms. The van der Waals surface area contributed by atoms with Crippen LogP contribution < -0.4 is 19.5 Å². The molecule has 1 aromatic heterocycles. The van der Waals surface area contributed by atoms with E-state index in [-0.39, 0.29) is 0 Å². The summed E-state index contributed by atoms with van der Waals surface area (Å²) in [5.74, 6) is 1.99. The Bertz CT molecular complexity index is 587. The summed E-state index contributed by atoms with van der Waals surface area (Å²) in [6.07, 6.45) is 2.85. The van der Waals surface area contributed by atoms with Gasteiger partial charge in [0.15, 0.2) is 11.5 Å². The van der Waals surface area contributed by atoms with Crippen molar-refractivity contribution in [2.24, 2.45) is 0 Å². The topological polar surface area (TPSA) is 52.6 Å². The minimum atomic E-state index is 0.584. The number of nitrogens with zero attached hydrogens (tertiary/aromatic N) is 1. The minimum Gasteiger partial charge on any atom is -0.493 e. The van der Waals surface area contributed by atoms with E-state index in [0.717, 1.165) is 30.3 Å². The molecule has 1 aromatic carbocycles. The van der Waals surface area contributed by atoms with E-state index >= 15 is 0 Å². The number of nitrogens with one attached hydrogen (secondary N) is 1. The summed E-state index contributed by atoms with van der Waals surface area (Å²) < 4.78 is 16.4. The van der Waals surface area contributed by atoms with Crippen LogP contribution in [0.25, 0.3) is 10.8 Å². The molecule has 2 aromatic rings. The maximum absolute atomic E-state index is 5.77. The van der Waals surface area contributed by atoms with Crippen LogP contribution in [0, 0.1) is 0 Å². The predicted octanol–water partition coefficient (Wildman–Crippen LogP) is 2.63. The Morgan fingerprint density at radius 3 is 2.57 bits per heavy atom. The van der Waals surface area contributed by atoms with Crippen molar-refractivity contribution < 1.29 is 14.2 Å². The van der Waals surface area contributed by atoms with Gasteiger partial charge in [-0.25, -0.2) is 4.98 Å². The van der Waals surface area contributed by atoms with Crippen LogP contribution in [0.1, 0.15) is 13.3 Å². The zero-order chi connectivity index (χ0) is 15.1. The molecule has 0 spiro atoms. The summed E-state index contributed by atoms with van der Waals surface area (Å²) in [5.41, 5.74) is 0. The van der Waals surface area contributed by atoms with Crippen molar-refractivity contribution in [3.63, 3.8) is 0 Å². The smallest absolute Gasteiger partial charge is 0.221 e. The first-order valence-corrected chi connectivity index (χ1v) is 7.14. The molecule has 2 rings (SSSR count). The van der Waals surface area contributed by atoms with Gasteiger partial charge >= 0.3 is 0 Å². The number of ether oxygens (including phenoxy) is 3. The summed E-state index contributed by atoms with van der Waals surface area (Å²) in [4.78, 5) is 4.31. The number of pyridine rings is 1. The van der Waals surface area contributed by atoms with Crippen molar-refractivity contribution in [2.45, 2.75) is 13.3 Å². The first kappa shape index (κ1) is 15.4. The van der Waals surface area contributed by atoms with Gasteiger partial charge in [0.25, 0.3) is 0 Å². The first-order chi connectivity index (χ1) is 10.3. The van der Waals surface area contributed by atoms with Crippen molar-refractivity contribution in [3.05, 3.63) is 24.4 Å². The Kier molecular flexibility index (Phi) is 5.63. The van der Waals surface area contributed by atoms with Crippen LogP contribution in [0.5, 0.6) is 17.4 Å². The molecule has 0 saturated carbocycles. The molecule has 1 heterocycles. The van der Waals surface area contributed by atoms with E-state index in [0.29, 0.717) is 24.0 Å². The molecule has 0 aliphatic heterocycles. The van der Waals surface area contributed by atoms with Crippen LogP contribution in [-0.2, 0) is 0 Å². The molecular weight excluding hydrogens is 268 g/mol. The highest BCUT2D eigenvalue weighted by atomic mass is 16.5. The number of rotatable bonds is 8. The molecule has 0 atom stereocenters. The number of fused-ring (bicyclic) bond motifs is 1. The van der Waals surface area contributed by atoms with Crippen LogP contribution in [0.2, 0.25) is 0 Å². The molecule has 0 unspecified atom stereocenters. The number of hydrogen-bond donors (Lipinski definition) is 1. The van der Waals surface area contributed by atoms with Crippen LogP contribution in [0.3, 0.4) is 0 Å². The third kappa shape index (κ3) is 3.76.